The van der Waals surface area contributed by atoms with Crippen LogP contribution < -0.4 is 15.4 Å². The van der Waals surface area contributed by atoms with Gasteiger partial charge in [0.25, 0.3) is 0 Å². The van der Waals surface area contributed by atoms with E-state index >= 15 is 0 Å². The van der Waals surface area contributed by atoms with Crippen LogP contribution in [0.2, 0.25) is 0 Å². The fourth-order valence-electron chi connectivity index (χ4n) is 3.81. The maximum Gasteiger partial charge on any atom is 0.241 e. The Morgan fingerprint density at radius 1 is 1.00 bits per heavy atom. The molecule has 0 aliphatic heterocycles. The molecule has 0 saturated heterocycles. The van der Waals surface area contributed by atoms with Crippen LogP contribution in [-0.4, -0.2) is 28.9 Å². The molecule has 2 heterocycles. The molecule has 0 unspecified atom stereocenters. The van der Waals surface area contributed by atoms with Crippen molar-refractivity contribution in [3.05, 3.63) is 89.5 Å². The van der Waals surface area contributed by atoms with E-state index in [-0.39, 0.29) is 4.90 Å². The van der Waals surface area contributed by atoms with Crippen molar-refractivity contribution < 1.29 is 8.42 Å². The summed E-state index contributed by atoms with van der Waals surface area (Å²) in [5, 5.41) is 6.56. The second-order valence-corrected chi connectivity index (χ2v) is 11.6. The number of anilines is 3. The molecule has 3 aromatic rings. The second kappa shape index (κ2) is 10.6. The van der Waals surface area contributed by atoms with Crippen LogP contribution in [0.5, 0.6) is 0 Å². The van der Waals surface area contributed by atoms with Crippen molar-refractivity contribution in [2.24, 2.45) is 0 Å². The molecule has 0 fully saturated rings. The number of nitrogens with zero attached hydrogens (tertiary/aromatic N) is 3. The van der Waals surface area contributed by atoms with Gasteiger partial charge in [0.05, 0.1) is 4.90 Å². The van der Waals surface area contributed by atoms with Crippen LogP contribution >= 0.6 is 0 Å². The molecule has 1 aliphatic carbocycles. The van der Waals surface area contributed by atoms with Crippen molar-refractivity contribution in [1.29, 1.82) is 0 Å². The molecule has 36 heavy (non-hydrogen) atoms. The van der Waals surface area contributed by atoms with Crippen LogP contribution in [0.25, 0.3) is 0 Å². The van der Waals surface area contributed by atoms with Gasteiger partial charge >= 0.3 is 0 Å². The summed E-state index contributed by atoms with van der Waals surface area (Å²) >= 11 is 0. The summed E-state index contributed by atoms with van der Waals surface area (Å²) in [6.45, 7) is 7.34. The van der Waals surface area contributed by atoms with Gasteiger partial charge in [-0.3, -0.25) is 4.98 Å². The minimum absolute atomic E-state index is 0.189. The van der Waals surface area contributed by atoms with E-state index in [0.29, 0.717) is 17.5 Å². The van der Waals surface area contributed by atoms with Crippen LogP contribution in [0.1, 0.15) is 44.7 Å². The normalized spacial score (nSPS) is 14.1. The van der Waals surface area contributed by atoms with Crippen molar-refractivity contribution in [3.8, 4) is 0 Å². The highest BCUT2D eigenvalue weighted by Gasteiger charge is 2.22. The SMILES string of the molecule is Cc1cnc(NC2=CC=C(Cc3ccncc3)CC2)nc1Nc1cccc(S(=O)(=O)NC(C)(C)C)c1. The molecule has 0 atom stereocenters. The Morgan fingerprint density at radius 2 is 1.78 bits per heavy atom. The Kier molecular flexibility index (Phi) is 7.51. The Bertz CT molecular complexity index is 1390. The van der Waals surface area contributed by atoms with Gasteiger partial charge in [-0.05, 0) is 88.9 Å². The molecule has 1 aromatic carbocycles. The fourth-order valence-corrected chi connectivity index (χ4v) is 5.27. The van der Waals surface area contributed by atoms with Gasteiger partial charge in [-0.2, -0.15) is 4.98 Å². The number of aryl methyl sites for hydroxylation is 1. The summed E-state index contributed by atoms with van der Waals surface area (Å²) in [7, 11) is -3.65. The fraction of sp³-hybridized carbons (Fsp3) is 0.296. The Labute approximate surface area is 213 Å². The van der Waals surface area contributed by atoms with Gasteiger partial charge < -0.3 is 10.6 Å². The largest absolute Gasteiger partial charge is 0.340 e. The number of pyridine rings is 1. The Hall–Kier alpha value is -3.56. The van der Waals surface area contributed by atoms with E-state index < -0.39 is 15.6 Å². The molecular formula is C27H32N6O2S. The molecular weight excluding hydrogens is 472 g/mol. The monoisotopic (exact) mass is 504 g/mol. The van der Waals surface area contributed by atoms with Crippen molar-refractivity contribution in [2.45, 2.75) is 57.4 Å². The molecule has 0 spiro atoms. The van der Waals surface area contributed by atoms with E-state index in [2.05, 4.69) is 42.5 Å². The minimum atomic E-state index is -3.65. The third-order valence-electron chi connectivity index (χ3n) is 5.51. The lowest BCUT2D eigenvalue weighted by molar-refractivity contribution is 0.491. The van der Waals surface area contributed by atoms with Crippen LogP contribution in [0.3, 0.4) is 0 Å². The minimum Gasteiger partial charge on any atom is -0.340 e. The number of hydrogen-bond acceptors (Lipinski definition) is 7. The molecule has 188 valence electrons. The predicted molar refractivity (Wildman–Crippen MR) is 144 cm³/mol. The van der Waals surface area contributed by atoms with E-state index in [9.17, 15) is 8.42 Å². The number of sulfonamides is 1. The van der Waals surface area contributed by atoms with Gasteiger partial charge in [-0.15, -0.1) is 0 Å². The highest BCUT2D eigenvalue weighted by atomic mass is 32.2. The van der Waals surface area contributed by atoms with Gasteiger partial charge in [0, 0.05) is 41.1 Å². The highest BCUT2D eigenvalue weighted by molar-refractivity contribution is 7.89. The number of benzene rings is 1. The maximum atomic E-state index is 12.7. The quantitative estimate of drug-likeness (QED) is 0.384. The second-order valence-electron chi connectivity index (χ2n) is 9.91. The van der Waals surface area contributed by atoms with Gasteiger partial charge in [0.15, 0.2) is 0 Å². The zero-order chi connectivity index (χ0) is 25.8. The molecule has 8 nitrogen and oxygen atoms in total. The Balaban J connectivity index is 1.46. The first-order valence-corrected chi connectivity index (χ1v) is 13.3. The standard InChI is InChI=1S/C27H32N6O2S/c1-19-18-29-26(31-22-10-8-20(9-11-22)16-21-12-14-28-15-13-21)32-25(19)30-23-6-5-7-24(17-23)36(34,35)33-27(2,3)4/h5-8,10,12-15,17-18,33H,9,11,16H2,1-4H3,(H2,29,30,31,32). The van der Waals surface area contributed by atoms with Gasteiger partial charge in [0.1, 0.15) is 5.82 Å². The summed E-state index contributed by atoms with van der Waals surface area (Å²) in [5.41, 5.74) is 4.57. The molecule has 2 aromatic heterocycles. The van der Waals surface area contributed by atoms with E-state index in [1.54, 1.807) is 24.4 Å². The summed E-state index contributed by atoms with van der Waals surface area (Å²) in [4.78, 5) is 13.3. The average molecular weight is 505 g/mol. The van der Waals surface area contributed by atoms with Crippen molar-refractivity contribution in [2.75, 3.05) is 10.6 Å². The van der Waals surface area contributed by atoms with E-state index in [4.69, 9.17) is 0 Å². The van der Waals surface area contributed by atoms with E-state index in [1.807, 2.05) is 58.3 Å². The van der Waals surface area contributed by atoms with Gasteiger partial charge in [-0.25, -0.2) is 18.1 Å². The first-order chi connectivity index (χ1) is 17.1. The number of allylic oxidation sites excluding steroid dienone is 4. The summed E-state index contributed by atoms with van der Waals surface area (Å²) < 4.78 is 28.1. The molecule has 0 bridgehead atoms. The van der Waals surface area contributed by atoms with Crippen LogP contribution in [0.15, 0.2) is 83.3 Å². The van der Waals surface area contributed by atoms with Crippen molar-refractivity contribution >= 4 is 27.5 Å². The van der Waals surface area contributed by atoms with Crippen LogP contribution in [-0.2, 0) is 16.4 Å². The van der Waals surface area contributed by atoms with Gasteiger partial charge in [-0.1, -0.05) is 17.7 Å². The average Bonchev–Trinajstić information content (AvgIpc) is 2.82. The van der Waals surface area contributed by atoms with E-state index in [1.165, 1.54) is 11.1 Å². The lowest BCUT2D eigenvalue weighted by atomic mass is 9.97. The molecule has 1 aliphatic rings. The molecule has 3 N–H and O–H groups in total. The zero-order valence-corrected chi connectivity index (χ0v) is 21.9. The molecule has 4 rings (SSSR count). The zero-order valence-electron chi connectivity index (χ0n) is 21.0. The molecule has 9 heteroatoms. The smallest absolute Gasteiger partial charge is 0.241 e. The maximum absolute atomic E-state index is 12.7. The number of aromatic nitrogens is 3. The van der Waals surface area contributed by atoms with Crippen molar-refractivity contribution in [3.63, 3.8) is 0 Å². The number of nitrogens with one attached hydrogen (secondary N) is 3. The number of hydrogen-bond donors (Lipinski definition) is 3. The highest BCUT2D eigenvalue weighted by Crippen LogP contribution is 2.25. The van der Waals surface area contributed by atoms with Crippen LogP contribution in [0.4, 0.5) is 17.5 Å². The first kappa shape index (κ1) is 25.5. The third-order valence-corrected chi connectivity index (χ3v) is 7.26. The predicted octanol–water partition coefficient (Wildman–Crippen LogP) is 5.26. The van der Waals surface area contributed by atoms with Crippen molar-refractivity contribution in [1.82, 2.24) is 19.7 Å². The summed E-state index contributed by atoms with van der Waals surface area (Å²) in [6.07, 6.45) is 12.4. The molecule has 0 saturated carbocycles. The number of rotatable bonds is 8. The summed E-state index contributed by atoms with van der Waals surface area (Å²) in [6, 6.07) is 10.8. The topological polar surface area (TPSA) is 109 Å². The van der Waals surface area contributed by atoms with Crippen LogP contribution in [0, 0.1) is 6.92 Å². The first-order valence-electron chi connectivity index (χ1n) is 11.9. The third kappa shape index (κ3) is 6.99. The molecule has 0 radical (unpaired) electrons. The summed E-state index contributed by atoms with van der Waals surface area (Å²) in [5.74, 6) is 1.09. The lowest BCUT2D eigenvalue weighted by Gasteiger charge is -2.20. The van der Waals surface area contributed by atoms with Gasteiger partial charge in [0.2, 0.25) is 16.0 Å². The lowest BCUT2D eigenvalue weighted by Crippen LogP contribution is -2.40. The molecule has 0 amide bonds. The Morgan fingerprint density at radius 3 is 2.47 bits per heavy atom. The van der Waals surface area contributed by atoms with E-state index in [0.717, 1.165) is 30.5 Å².